The molecule has 2 aromatic rings. The third kappa shape index (κ3) is 8.73. The fraction of sp³-hybridized carbons (Fsp3) is 0.500. The summed E-state index contributed by atoms with van der Waals surface area (Å²) in [5, 5.41) is 12.7. The van der Waals surface area contributed by atoms with Crippen molar-refractivity contribution >= 4 is 23.2 Å². The number of rotatable bonds is 9. The Morgan fingerprint density at radius 1 is 0.810 bits per heavy atom. The molecule has 228 valence electrons. The predicted octanol–water partition coefficient (Wildman–Crippen LogP) is 8.11. The van der Waals surface area contributed by atoms with Gasteiger partial charge in [-0.3, -0.25) is 0 Å². The molecule has 2 aromatic carbocycles. The fourth-order valence-electron chi connectivity index (χ4n) is 6.49. The Balaban J connectivity index is 1.62. The van der Waals surface area contributed by atoms with E-state index in [1.807, 2.05) is 77.9 Å². The molecule has 42 heavy (non-hydrogen) atoms. The number of nitrogens with one attached hydrogen (secondary N) is 4. The van der Waals surface area contributed by atoms with E-state index in [0.717, 1.165) is 52.7 Å². The van der Waals surface area contributed by atoms with E-state index in [-0.39, 0.29) is 28.9 Å². The molecule has 2 atom stereocenters. The highest BCUT2D eigenvalue weighted by atomic mass is 16.2. The summed E-state index contributed by atoms with van der Waals surface area (Å²) in [5.41, 5.74) is 4.87. The highest BCUT2D eigenvalue weighted by Crippen LogP contribution is 2.45. The van der Waals surface area contributed by atoms with Crippen molar-refractivity contribution in [1.82, 2.24) is 21.3 Å². The van der Waals surface area contributed by atoms with Crippen LogP contribution in [0.2, 0.25) is 0 Å². The largest absolute Gasteiger partial charge is 0.338 e. The van der Waals surface area contributed by atoms with Gasteiger partial charge in [-0.05, 0) is 106 Å². The van der Waals surface area contributed by atoms with E-state index < -0.39 is 11.1 Å². The summed E-state index contributed by atoms with van der Waals surface area (Å²) < 4.78 is 0. The van der Waals surface area contributed by atoms with Crippen LogP contribution in [0.5, 0.6) is 0 Å². The van der Waals surface area contributed by atoms with E-state index in [1.165, 1.54) is 0 Å². The summed E-state index contributed by atoms with van der Waals surface area (Å²) in [7, 11) is 0. The Labute approximate surface area is 253 Å². The van der Waals surface area contributed by atoms with Gasteiger partial charge in [-0.25, -0.2) is 9.59 Å². The first-order valence-corrected chi connectivity index (χ1v) is 15.0. The van der Waals surface area contributed by atoms with Crippen LogP contribution in [-0.4, -0.2) is 24.6 Å². The smallest absolute Gasteiger partial charge is 0.315 e. The molecule has 1 aliphatic carbocycles. The molecule has 1 fully saturated rings. The molecule has 0 aliphatic heterocycles. The zero-order valence-corrected chi connectivity index (χ0v) is 27.3. The van der Waals surface area contributed by atoms with E-state index in [1.54, 1.807) is 0 Å². The molecule has 0 saturated heterocycles. The van der Waals surface area contributed by atoms with Crippen LogP contribution in [0.15, 0.2) is 61.7 Å². The summed E-state index contributed by atoms with van der Waals surface area (Å²) in [6.45, 7) is 27.3. The Hall–Kier alpha value is -3.54. The van der Waals surface area contributed by atoms with Crippen molar-refractivity contribution in [2.45, 2.75) is 98.7 Å². The van der Waals surface area contributed by atoms with Gasteiger partial charge in [-0.1, -0.05) is 81.5 Å². The van der Waals surface area contributed by atoms with Gasteiger partial charge in [0.15, 0.2) is 0 Å². The van der Waals surface area contributed by atoms with Crippen molar-refractivity contribution in [3.8, 4) is 0 Å². The summed E-state index contributed by atoms with van der Waals surface area (Å²) in [6, 6.07) is 15.9. The van der Waals surface area contributed by atoms with Crippen molar-refractivity contribution in [1.29, 1.82) is 0 Å². The molecule has 0 spiro atoms. The predicted molar refractivity (Wildman–Crippen MR) is 176 cm³/mol. The first-order chi connectivity index (χ1) is 19.3. The molecule has 4 amide bonds. The van der Waals surface area contributed by atoms with Crippen molar-refractivity contribution in [3.63, 3.8) is 0 Å². The molecule has 0 bridgehead atoms. The quantitative estimate of drug-likeness (QED) is 0.245. The third-order valence-electron chi connectivity index (χ3n) is 8.46. The Morgan fingerprint density at radius 3 is 1.76 bits per heavy atom. The highest BCUT2D eigenvalue weighted by molar-refractivity contribution is 5.76. The van der Waals surface area contributed by atoms with Crippen LogP contribution in [0.4, 0.5) is 9.59 Å². The monoisotopic (exact) mass is 572 g/mol. The Kier molecular flexibility index (Phi) is 9.71. The number of hydrogen-bond donors (Lipinski definition) is 4. The Morgan fingerprint density at radius 2 is 1.29 bits per heavy atom. The maximum absolute atomic E-state index is 13.2. The minimum Gasteiger partial charge on any atom is -0.338 e. The van der Waals surface area contributed by atoms with Crippen LogP contribution in [0.25, 0.3) is 11.1 Å². The number of hydrogen-bond acceptors (Lipinski definition) is 2. The van der Waals surface area contributed by atoms with Gasteiger partial charge in [0.25, 0.3) is 0 Å². The molecule has 0 heterocycles. The molecule has 0 unspecified atom stereocenters. The molecule has 1 saturated carbocycles. The average Bonchev–Trinajstić information content (AvgIpc) is 2.86. The van der Waals surface area contributed by atoms with Crippen molar-refractivity contribution < 1.29 is 9.59 Å². The van der Waals surface area contributed by atoms with Crippen LogP contribution >= 0.6 is 0 Å². The highest BCUT2D eigenvalue weighted by Gasteiger charge is 2.42. The second-order valence-corrected chi connectivity index (χ2v) is 14.6. The standard InChI is InChI=1S/C36H52N4O2/c1-24(2)26-14-12-16-28(18-26)34(7,8)39-31(41)37-23-36(11)21-30(20-33(5,6)22-36)38-32(42)40-35(9,10)29-17-13-15-27(19-29)25(3)4/h12-19,30H,1,3,20-23H2,2,4-11H3,(H2,37,39,41)(H2,38,40,42)/t30-,36-/m0/s1. The molecule has 0 radical (unpaired) electrons. The SMILES string of the molecule is C=C(C)c1cccc(C(C)(C)NC(=O)NC[C@@]2(C)C[C@@H](NC(=O)NC(C)(C)c3cccc(C(=C)C)c3)CC(C)(C)C2)c1. The second kappa shape index (κ2) is 12.4. The average molecular weight is 573 g/mol. The van der Waals surface area contributed by atoms with Gasteiger partial charge < -0.3 is 21.3 Å². The topological polar surface area (TPSA) is 82.3 Å². The third-order valence-corrected chi connectivity index (χ3v) is 8.46. The van der Waals surface area contributed by atoms with Gasteiger partial charge in [-0.2, -0.15) is 0 Å². The zero-order chi connectivity index (χ0) is 31.5. The van der Waals surface area contributed by atoms with E-state index >= 15 is 0 Å². The minimum absolute atomic E-state index is 0.0106. The summed E-state index contributed by atoms with van der Waals surface area (Å²) in [6.07, 6.45) is 2.60. The van der Waals surface area contributed by atoms with E-state index in [2.05, 4.69) is 67.3 Å². The fourth-order valence-corrected chi connectivity index (χ4v) is 6.49. The number of urea groups is 2. The summed E-state index contributed by atoms with van der Waals surface area (Å²) in [5.74, 6) is 0. The number of carbonyl (C=O) groups excluding carboxylic acids is 2. The Bertz CT molecular complexity index is 1340. The number of amides is 4. The van der Waals surface area contributed by atoms with E-state index in [0.29, 0.717) is 6.54 Å². The number of carbonyl (C=O) groups is 2. The normalized spacial score (nSPS) is 20.3. The summed E-state index contributed by atoms with van der Waals surface area (Å²) >= 11 is 0. The molecule has 0 aromatic heterocycles. The van der Waals surface area contributed by atoms with E-state index in [9.17, 15) is 9.59 Å². The van der Waals surface area contributed by atoms with Gasteiger partial charge >= 0.3 is 12.1 Å². The lowest BCUT2D eigenvalue weighted by molar-refractivity contribution is 0.0742. The molecule has 6 nitrogen and oxygen atoms in total. The van der Waals surface area contributed by atoms with Gasteiger partial charge in [-0.15, -0.1) is 0 Å². The minimum atomic E-state index is -0.556. The maximum Gasteiger partial charge on any atom is 0.315 e. The van der Waals surface area contributed by atoms with Crippen LogP contribution < -0.4 is 21.3 Å². The van der Waals surface area contributed by atoms with E-state index in [4.69, 9.17) is 0 Å². The first kappa shape index (κ1) is 33.0. The first-order valence-electron chi connectivity index (χ1n) is 15.0. The zero-order valence-electron chi connectivity index (χ0n) is 27.3. The number of benzene rings is 2. The van der Waals surface area contributed by atoms with Crippen LogP contribution in [0, 0.1) is 10.8 Å². The second-order valence-electron chi connectivity index (χ2n) is 14.6. The maximum atomic E-state index is 13.2. The van der Waals surface area contributed by atoms with Gasteiger partial charge in [0.2, 0.25) is 0 Å². The number of allylic oxidation sites excluding steroid dienone is 2. The molecular weight excluding hydrogens is 520 g/mol. The van der Waals surface area contributed by atoms with Crippen molar-refractivity contribution in [3.05, 3.63) is 83.9 Å². The van der Waals surface area contributed by atoms with Gasteiger partial charge in [0.05, 0.1) is 11.1 Å². The lowest BCUT2D eigenvalue weighted by Crippen LogP contribution is -2.55. The van der Waals surface area contributed by atoms with Crippen molar-refractivity contribution in [2.24, 2.45) is 10.8 Å². The van der Waals surface area contributed by atoms with Gasteiger partial charge in [0, 0.05) is 12.6 Å². The van der Waals surface area contributed by atoms with Crippen LogP contribution in [0.3, 0.4) is 0 Å². The summed E-state index contributed by atoms with van der Waals surface area (Å²) in [4.78, 5) is 26.3. The lowest BCUT2D eigenvalue weighted by Gasteiger charge is -2.47. The van der Waals surface area contributed by atoms with Crippen molar-refractivity contribution in [2.75, 3.05) is 6.54 Å². The molecule has 4 N–H and O–H groups in total. The van der Waals surface area contributed by atoms with Gasteiger partial charge in [0.1, 0.15) is 0 Å². The molecule has 6 heteroatoms. The lowest BCUT2D eigenvalue weighted by atomic mass is 9.62. The van der Waals surface area contributed by atoms with Crippen LogP contribution in [-0.2, 0) is 11.1 Å². The molecule has 1 aliphatic rings. The van der Waals surface area contributed by atoms with Crippen LogP contribution in [0.1, 0.15) is 104 Å². The molecular formula is C36H52N4O2. The molecule has 3 rings (SSSR count).